The molecule has 1 fully saturated rings. The topological polar surface area (TPSA) is 17.1 Å². The lowest BCUT2D eigenvalue weighted by atomic mass is 9.85. The van der Waals surface area contributed by atoms with Crippen LogP contribution in [0.4, 0.5) is 0 Å². The zero-order valence-corrected chi connectivity index (χ0v) is 9.07. The second kappa shape index (κ2) is 4.43. The van der Waals surface area contributed by atoms with Gasteiger partial charge >= 0.3 is 0 Å². The first-order chi connectivity index (χ1) is 7.25. The third-order valence-electron chi connectivity index (χ3n) is 2.93. The first kappa shape index (κ1) is 10.2. The zero-order chi connectivity index (χ0) is 10.7. The summed E-state index contributed by atoms with van der Waals surface area (Å²) in [5.74, 6) is 0.981. The maximum absolute atomic E-state index is 11.7. The van der Waals surface area contributed by atoms with E-state index in [1.165, 1.54) is 0 Å². The van der Waals surface area contributed by atoms with Crippen molar-refractivity contribution in [3.63, 3.8) is 0 Å². The van der Waals surface area contributed by atoms with E-state index in [0.29, 0.717) is 11.7 Å². The van der Waals surface area contributed by atoms with Crippen LogP contribution in [0, 0.1) is 5.92 Å². The first-order valence-corrected chi connectivity index (χ1v) is 5.54. The lowest BCUT2D eigenvalue weighted by molar-refractivity contribution is -0.116. The monoisotopic (exact) mass is 200 g/mol. The highest BCUT2D eigenvalue weighted by molar-refractivity contribution is 6.00. The quantitative estimate of drug-likeness (QED) is 0.634. The minimum atomic E-state index is 0.331. The summed E-state index contributed by atoms with van der Waals surface area (Å²) >= 11 is 0. The molecular weight excluding hydrogens is 184 g/mol. The molecule has 0 amide bonds. The van der Waals surface area contributed by atoms with Gasteiger partial charge in [-0.2, -0.15) is 0 Å². The number of carbonyl (C=O) groups is 1. The number of benzene rings is 1. The van der Waals surface area contributed by atoms with Crippen molar-refractivity contribution in [3.05, 3.63) is 41.5 Å². The number of carbonyl (C=O) groups excluding carboxylic acids is 1. The Morgan fingerprint density at radius 2 is 2.00 bits per heavy atom. The Labute approximate surface area is 90.8 Å². The van der Waals surface area contributed by atoms with Crippen LogP contribution in [-0.2, 0) is 4.79 Å². The average molecular weight is 200 g/mol. The van der Waals surface area contributed by atoms with E-state index in [1.54, 1.807) is 0 Å². The predicted molar refractivity (Wildman–Crippen MR) is 62.4 cm³/mol. The fraction of sp³-hybridized carbons (Fsp3) is 0.357. The second-order valence-corrected chi connectivity index (χ2v) is 4.35. The van der Waals surface area contributed by atoms with Gasteiger partial charge in [-0.15, -0.1) is 0 Å². The largest absolute Gasteiger partial charge is 0.295 e. The van der Waals surface area contributed by atoms with E-state index in [1.807, 2.05) is 36.4 Å². The maximum atomic E-state index is 11.7. The van der Waals surface area contributed by atoms with E-state index in [0.717, 1.165) is 30.4 Å². The van der Waals surface area contributed by atoms with Crippen LogP contribution in [0.3, 0.4) is 0 Å². The highest BCUT2D eigenvalue weighted by Crippen LogP contribution is 2.26. The summed E-state index contributed by atoms with van der Waals surface area (Å²) in [4.78, 5) is 11.7. The molecule has 1 aromatic rings. The highest BCUT2D eigenvalue weighted by Gasteiger charge is 2.19. The molecule has 0 aliphatic heterocycles. The number of ketones is 1. The Bertz CT molecular complexity index is 376. The Kier molecular flexibility index (Phi) is 3.00. The molecule has 0 heterocycles. The van der Waals surface area contributed by atoms with Crippen molar-refractivity contribution in [2.24, 2.45) is 5.92 Å². The third kappa shape index (κ3) is 2.56. The third-order valence-corrected chi connectivity index (χ3v) is 2.93. The number of hydrogen-bond acceptors (Lipinski definition) is 1. The lowest BCUT2D eigenvalue weighted by Gasteiger charge is -2.19. The molecule has 0 spiro atoms. The molecule has 0 radical (unpaired) electrons. The van der Waals surface area contributed by atoms with Crippen molar-refractivity contribution in [1.29, 1.82) is 0 Å². The van der Waals surface area contributed by atoms with E-state index in [-0.39, 0.29) is 0 Å². The molecule has 1 aliphatic rings. The number of rotatable bonds is 1. The van der Waals surface area contributed by atoms with Crippen LogP contribution in [0.25, 0.3) is 6.08 Å². The standard InChI is InChI=1S/C14H16O/c1-11-7-8-14(15)13(9-11)10-12-5-3-2-4-6-12/h2-6,10-11H,7-9H2,1H3/b13-10+/t11-/m1/s1. The van der Waals surface area contributed by atoms with Crippen LogP contribution >= 0.6 is 0 Å². The molecule has 1 aromatic carbocycles. The van der Waals surface area contributed by atoms with Gasteiger partial charge in [-0.05, 0) is 36.0 Å². The molecule has 0 N–H and O–H groups in total. The highest BCUT2D eigenvalue weighted by atomic mass is 16.1. The van der Waals surface area contributed by atoms with Crippen LogP contribution in [-0.4, -0.2) is 5.78 Å². The SMILES string of the molecule is C[C@@H]1CCC(=O)/C(=C/c2ccccc2)C1. The average Bonchev–Trinajstić information content (AvgIpc) is 2.25. The number of Topliss-reactive ketones (excluding diaryl/α,β-unsaturated/α-hetero) is 1. The van der Waals surface area contributed by atoms with Crippen LogP contribution in [0.1, 0.15) is 31.7 Å². The van der Waals surface area contributed by atoms with E-state index in [9.17, 15) is 4.79 Å². The summed E-state index contributed by atoms with van der Waals surface area (Å²) in [6, 6.07) is 10.1. The summed E-state index contributed by atoms with van der Waals surface area (Å²) in [6.45, 7) is 2.21. The molecule has 1 heteroatoms. The van der Waals surface area contributed by atoms with Crippen molar-refractivity contribution in [1.82, 2.24) is 0 Å². The van der Waals surface area contributed by atoms with Gasteiger partial charge in [0.1, 0.15) is 0 Å². The molecule has 1 saturated carbocycles. The normalized spacial score (nSPS) is 24.5. The van der Waals surface area contributed by atoms with Gasteiger partial charge in [-0.25, -0.2) is 0 Å². The second-order valence-electron chi connectivity index (χ2n) is 4.35. The minimum Gasteiger partial charge on any atom is -0.295 e. The summed E-state index contributed by atoms with van der Waals surface area (Å²) in [5.41, 5.74) is 2.13. The molecule has 1 atom stereocenters. The Balaban J connectivity index is 2.22. The molecule has 15 heavy (non-hydrogen) atoms. The molecule has 1 nitrogen and oxygen atoms in total. The summed E-state index contributed by atoms with van der Waals surface area (Å²) < 4.78 is 0. The smallest absolute Gasteiger partial charge is 0.158 e. The van der Waals surface area contributed by atoms with E-state index >= 15 is 0 Å². The Morgan fingerprint density at radius 1 is 1.27 bits per heavy atom. The summed E-state index contributed by atoms with van der Waals surface area (Å²) in [7, 11) is 0. The van der Waals surface area contributed by atoms with Crippen LogP contribution in [0.2, 0.25) is 0 Å². The molecule has 1 aliphatic carbocycles. The van der Waals surface area contributed by atoms with Gasteiger partial charge in [0.15, 0.2) is 5.78 Å². The van der Waals surface area contributed by atoms with Gasteiger partial charge in [-0.3, -0.25) is 4.79 Å². The molecular formula is C14H16O. The van der Waals surface area contributed by atoms with Gasteiger partial charge in [0.05, 0.1) is 0 Å². The fourth-order valence-electron chi connectivity index (χ4n) is 2.02. The van der Waals surface area contributed by atoms with Gasteiger partial charge in [-0.1, -0.05) is 37.3 Å². The van der Waals surface area contributed by atoms with Crippen molar-refractivity contribution in [3.8, 4) is 0 Å². The maximum Gasteiger partial charge on any atom is 0.158 e. The Morgan fingerprint density at radius 3 is 2.73 bits per heavy atom. The zero-order valence-electron chi connectivity index (χ0n) is 9.07. The first-order valence-electron chi connectivity index (χ1n) is 5.54. The van der Waals surface area contributed by atoms with Gasteiger partial charge in [0, 0.05) is 6.42 Å². The molecule has 0 aromatic heterocycles. The van der Waals surface area contributed by atoms with E-state index in [2.05, 4.69) is 6.92 Å². The molecule has 0 saturated heterocycles. The molecule has 0 bridgehead atoms. The van der Waals surface area contributed by atoms with Crippen LogP contribution < -0.4 is 0 Å². The number of hydrogen-bond donors (Lipinski definition) is 0. The van der Waals surface area contributed by atoms with Gasteiger partial charge in [0.25, 0.3) is 0 Å². The molecule has 78 valence electrons. The van der Waals surface area contributed by atoms with Crippen molar-refractivity contribution < 1.29 is 4.79 Å². The van der Waals surface area contributed by atoms with Crippen molar-refractivity contribution in [2.45, 2.75) is 26.2 Å². The van der Waals surface area contributed by atoms with E-state index in [4.69, 9.17) is 0 Å². The van der Waals surface area contributed by atoms with Crippen LogP contribution in [0.5, 0.6) is 0 Å². The fourth-order valence-corrected chi connectivity index (χ4v) is 2.02. The summed E-state index contributed by atoms with van der Waals surface area (Å²) in [6.07, 6.45) is 4.75. The predicted octanol–water partition coefficient (Wildman–Crippen LogP) is 3.46. The molecule has 0 unspecified atom stereocenters. The number of allylic oxidation sites excluding steroid dienone is 1. The van der Waals surface area contributed by atoms with Crippen molar-refractivity contribution >= 4 is 11.9 Å². The molecule has 2 rings (SSSR count). The minimum absolute atomic E-state index is 0.331. The summed E-state index contributed by atoms with van der Waals surface area (Å²) in [5, 5.41) is 0. The van der Waals surface area contributed by atoms with Gasteiger partial charge in [0.2, 0.25) is 0 Å². The Hall–Kier alpha value is -1.37. The van der Waals surface area contributed by atoms with Crippen molar-refractivity contribution in [2.75, 3.05) is 0 Å². The van der Waals surface area contributed by atoms with Crippen LogP contribution in [0.15, 0.2) is 35.9 Å². The van der Waals surface area contributed by atoms with E-state index < -0.39 is 0 Å². The lowest BCUT2D eigenvalue weighted by Crippen LogP contribution is -2.14. The van der Waals surface area contributed by atoms with Gasteiger partial charge < -0.3 is 0 Å².